The number of hydrogen-bond donors (Lipinski definition) is 1. The maximum atomic E-state index is 12.9. The number of benzene rings is 2. The van der Waals surface area contributed by atoms with Crippen molar-refractivity contribution < 1.29 is 29.0 Å². The fourth-order valence-electron chi connectivity index (χ4n) is 2.90. The predicted molar refractivity (Wildman–Crippen MR) is 115 cm³/mol. The fourth-order valence-corrected chi connectivity index (χ4v) is 3.73. The maximum absolute atomic E-state index is 12.9. The first-order valence-corrected chi connectivity index (χ1v) is 9.95. The van der Waals surface area contributed by atoms with Crippen LogP contribution >= 0.6 is 11.8 Å². The van der Waals surface area contributed by atoms with E-state index in [-0.39, 0.29) is 15.9 Å². The van der Waals surface area contributed by atoms with Crippen molar-refractivity contribution in [3.8, 4) is 11.5 Å². The highest BCUT2D eigenvalue weighted by atomic mass is 32.2. The number of carbonyl (C=O) groups is 3. The zero-order chi connectivity index (χ0) is 22.0. The molecule has 2 aromatic carbocycles. The van der Waals surface area contributed by atoms with Gasteiger partial charge in [-0.3, -0.25) is 9.59 Å². The Kier molecular flexibility index (Phi) is 6.17. The van der Waals surface area contributed by atoms with Crippen LogP contribution in [0.3, 0.4) is 0 Å². The maximum Gasteiger partial charge on any atom is 0.344 e. The molecule has 1 aliphatic heterocycles. The molecule has 0 aliphatic carbocycles. The Balaban J connectivity index is 1.90. The average Bonchev–Trinajstić information content (AvgIpc) is 2.97. The van der Waals surface area contributed by atoms with Gasteiger partial charge in [-0.2, -0.15) is 0 Å². The second kappa shape index (κ2) is 8.62. The van der Waals surface area contributed by atoms with Crippen LogP contribution in [-0.2, 0) is 9.59 Å². The molecule has 2 aromatic rings. The first kappa shape index (κ1) is 21.4. The summed E-state index contributed by atoms with van der Waals surface area (Å²) in [7, 11) is 1.44. The summed E-state index contributed by atoms with van der Waals surface area (Å²) in [6.07, 6.45) is 0.557. The van der Waals surface area contributed by atoms with E-state index in [1.165, 1.54) is 18.9 Å². The monoisotopic (exact) mass is 427 g/mol. The second-order valence-electron chi connectivity index (χ2n) is 6.82. The molecule has 1 N–H and O–H groups in total. The van der Waals surface area contributed by atoms with Gasteiger partial charge in [0.1, 0.15) is 0 Å². The van der Waals surface area contributed by atoms with E-state index in [0.29, 0.717) is 17.0 Å². The lowest BCUT2D eigenvalue weighted by Gasteiger charge is -2.16. The lowest BCUT2D eigenvalue weighted by atomic mass is 10.1. The molecule has 1 unspecified atom stereocenters. The third-order valence-corrected chi connectivity index (χ3v) is 5.41. The number of carbonyl (C=O) groups excluding carboxylic acids is 2. The van der Waals surface area contributed by atoms with Crippen LogP contribution in [0.1, 0.15) is 23.6 Å². The summed E-state index contributed by atoms with van der Waals surface area (Å²) in [4.78, 5) is 37.9. The number of aryl methyl sites for hydroxylation is 2. The van der Waals surface area contributed by atoms with Crippen LogP contribution in [0.2, 0.25) is 0 Å². The van der Waals surface area contributed by atoms with Gasteiger partial charge in [-0.05, 0) is 73.5 Å². The van der Waals surface area contributed by atoms with Gasteiger partial charge >= 0.3 is 5.97 Å². The number of imide groups is 1. The fraction of sp³-hybridized carbons (Fsp3) is 0.227. The number of carboxylic acid groups (broad SMARTS) is 1. The molecule has 1 aliphatic rings. The molecule has 0 bridgehead atoms. The molecule has 0 saturated carbocycles. The van der Waals surface area contributed by atoms with Crippen LogP contribution in [0.15, 0.2) is 41.3 Å². The molecule has 1 saturated heterocycles. The van der Waals surface area contributed by atoms with Crippen LogP contribution in [0.4, 0.5) is 10.5 Å². The summed E-state index contributed by atoms with van der Waals surface area (Å²) in [5.74, 6) is -0.891. The van der Waals surface area contributed by atoms with Crippen molar-refractivity contribution in [2.24, 2.45) is 0 Å². The number of amides is 2. The standard InChI is InChI=1S/C22H21NO6S/c1-12-5-6-13(2)16(9-12)23-20(24)19(30-22(23)27)11-15-7-8-17(18(10-15)28-4)29-14(3)21(25)26/h5-11,14H,1-4H3,(H,25,26)/b19-11+. The van der Waals surface area contributed by atoms with Gasteiger partial charge in [-0.1, -0.05) is 18.2 Å². The van der Waals surface area contributed by atoms with Crippen LogP contribution in [0, 0.1) is 13.8 Å². The Labute approximate surface area is 178 Å². The zero-order valence-corrected chi connectivity index (χ0v) is 17.8. The van der Waals surface area contributed by atoms with Crippen molar-refractivity contribution in [3.05, 3.63) is 58.0 Å². The quantitative estimate of drug-likeness (QED) is 0.683. The van der Waals surface area contributed by atoms with Crippen molar-refractivity contribution in [1.29, 1.82) is 0 Å². The highest BCUT2D eigenvalue weighted by Crippen LogP contribution is 2.38. The van der Waals surface area contributed by atoms with Crippen molar-refractivity contribution in [3.63, 3.8) is 0 Å². The summed E-state index contributed by atoms with van der Waals surface area (Å²) >= 11 is 0.867. The van der Waals surface area contributed by atoms with Crippen molar-refractivity contribution in [2.75, 3.05) is 12.0 Å². The van der Waals surface area contributed by atoms with E-state index in [1.807, 2.05) is 32.0 Å². The Morgan fingerprint density at radius 1 is 1.13 bits per heavy atom. The normalized spacial score (nSPS) is 16.1. The van der Waals surface area contributed by atoms with Crippen LogP contribution < -0.4 is 14.4 Å². The Bertz CT molecular complexity index is 1060. The third-order valence-electron chi connectivity index (χ3n) is 4.54. The largest absolute Gasteiger partial charge is 0.493 e. The number of methoxy groups -OCH3 is 1. The number of rotatable bonds is 6. The Hall–Kier alpha value is -3.26. The molecule has 3 rings (SSSR count). The van der Waals surface area contributed by atoms with E-state index in [0.717, 1.165) is 22.9 Å². The number of anilines is 1. The Morgan fingerprint density at radius 3 is 2.53 bits per heavy atom. The number of aliphatic carboxylic acids is 1. The van der Waals surface area contributed by atoms with Crippen LogP contribution in [-0.4, -0.2) is 35.4 Å². The lowest BCUT2D eigenvalue weighted by molar-refractivity contribution is -0.144. The van der Waals surface area contributed by atoms with E-state index in [2.05, 4.69) is 0 Å². The summed E-state index contributed by atoms with van der Waals surface area (Å²) in [5.41, 5.74) is 2.98. The molecule has 0 aromatic heterocycles. The average molecular weight is 427 g/mol. The molecule has 0 spiro atoms. The minimum atomic E-state index is -1.10. The first-order chi connectivity index (χ1) is 14.2. The van der Waals surface area contributed by atoms with Gasteiger partial charge in [-0.15, -0.1) is 0 Å². The molecule has 8 heteroatoms. The van der Waals surface area contributed by atoms with E-state index < -0.39 is 18.0 Å². The smallest absolute Gasteiger partial charge is 0.344 e. The molecule has 30 heavy (non-hydrogen) atoms. The van der Waals surface area contributed by atoms with E-state index >= 15 is 0 Å². The number of carboxylic acids is 1. The molecule has 7 nitrogen and oxygen atoms in total. The van der Waals surface area contributed by atoms with Crippen molar-refractivity contribution in [2.45, 2.75) is 26.9 Å². The van der Waals surface area contributed by atoms with E-state index in [1.54, 1.807) is 24.3 Å². The van der Waals surface area contributed by atoms with Gasteiger partial charge in [0, 0.05) is 0 Å². The van der Waals surface area contributed by atoms with Gasteiger partial charge in [0.2, 0.25) is 0 Å². The second-order valence-corrected chi connectivity index (χ2v) is 7.81. The van der Waals surface area contributed by atoms with Gasteiger partial charge < -0.3 is 14.6 Å². The number of ether oxygens (including phenoxy) is 2. The lowest BCUT2D eigenvalue weighted by Crippen LogP contribution is -2.28. The number of nitrogens with zero attached hydrogens (tertiary/aromatic N) is 1. The summed E-state index contributed by atoms with van der Waals surface area (Å²) in [6, 6.07) is 10.5. The molecular formula is C22H21NO6S. The number of thioether (sulfide) groups is 1. The SMILES string of the molecule is COc1cc(/C=C2/SC(=O)N(c3cc(C)ccc3C)C2=O)ccc1OC(C)C(=O)O. The van der Waals surface area contributed by atoms with E-state index in [9.17, 15) is 14.4 Å². The zero-order valence-electron chi connectivity index (χ0n) is 17.0. The van der Waals surface area contributed by atoms with Crippen molar-refractivity contribution >= 4 is 40.6 Å². The van der Waals surface area contributed by atoms with Gasteiger partial charge in [-0.25, -0.2) is 9.69 Å². The molecule has 2 amide bonds. The third kappa shape index (κ3) is 4.33. The van der Waals surface area contributed by atoms with Crippen molar-refractivity contribution in [1.82, 2.24) is 0 Å². The van der Waals surface area contributed by atoms with Gasteiger partial charge in [0.05, 0.1) is 17.7 Å². The molecule has 1 atom stereocenters. The minimum absolute atomic E-state index is 0.271. The highest BCUT2D eigenvalue weighted by molar-refractivity contribution is 8.19. The molecule has 0 radical (unpaired) electrons. The van der Waals surface area contributed by atoms with Crippen LogP contribution in [0.5, 0.6) is 11.5 Å². The van der Waals surface area contributed by atoms with Gasteiger partial charge in [0.15, 0.2) is 17.6 Å². The molecule has 156 valence electrons. The van der Waals surface area contributed by atoms with Crippen LogP contribution in [0.25, 0.3) is 6.08 Å². The molecular weight excluding hydrogens is 406 g/mol. The molecule has 1 heterocycles. The minimum Gasteiger partial charge on any atom is -0.493 e. The summed E-state index contributed by atoms with van der Waals surface area (Å²) in [6.45, 7) is 5.17. The summed E-state index contributed by atoms with van der Waals surface area (Å²) in [5, 5.41) is 8.65. The van der Waals surface area contributed by atoms with E-state index in [4.69, 9.17) is 14.6 Å². The summed E-state index contributed by atoms with van der Waals surface area (Å²) < 4.78 is 10.7. The topological polar surface area (TPSA) is 93.1 Å². The predicted octanol–water partition coefficient (Wildman–Crippen LogP) is 4.40. The molecule has 1 fully saturated rings. The number of hydrogen-bond acceptors (Lipinski definition) is 6. The highest BCUT2D eigenvalue weighted by Gasteiger charge is 2.37. The Morgan fingerprint density at radius 2 is 1.87 bits per heavy atom. The van der Waals surface area contributed by atoms with Gasteiger partial charge in [0.25, 0.3) is 11.1 Å². The first-order valence-electron chi connectivity index (χ1n) is 9.14.